The van der Waals surface area contributed by atoms with Crippen molar-refractivity contribution in [2.24, 2.45) is 0 Å². The van der Waals surface area contributed by atoms with Crippen LogP contribution in [-0.2, 0) is 11.3 Å². The van der Waals surface area contributed by atoms with Crippen molar-refractivity contribution < 1.29 is 13.9 Å². The van der Waals surface area contributed by atoms with Gasteiger partial charge in [-0.2, -0.15) is 0 Å². The third-order valence-corrected chi connectivity index (χ3v) is 5.21. The van der Waals surface area contributed by atoms with Crippen LogP contribution in [0.5, 0.6) is 0 Å². The average Bonchev–Trinajstić information content (AvgIpc) is 3.17. The Labute approximate surface area is 142 Å². The summed E-state index contributed by atoms with van der Waals surface area (Å²) in [6.45, 7) is 0.0205. The minimum absolute atomic E-state index is 0.0205. The Kier molecular flexibility index (Phi) is 4.66. The SMILES string of the molecule is O=C(OCc1csc(-c2cccs2)n1)c1cc(Br)ccc1F. The van der Waals surface area contributed by atoms with Crippen molar-refractivity contribution in [3.8, 4) is 9.88 Å². The van der Waals surface area contributed by atoms with Crippen molar-refractivity contribution in [3.05, 3.63) is 62.6 Å². The molecule has 0 aliphatic carbocycles. The number of thiazole rings is 1. The van der Waals surface area contributed by atoms with Gasteiger partial charge in [0.1, 0.15) is 17.4 Å². The molecule has 0 unspecified atom stereocenters. The minimum atomic E-state index is -0.704. The predicted octanol–water partition coefficient (Wildman–Crippen LogP) is 5.13. The van der Waals surface area contributed by atoms with Gasteiger partial charge in [-0.05, 0) is 29.6 Å². The summed E-state index contributed by atoms with van der Waals surface area (Å²) in [5, 5.41) is 4.70. The molecule has 7 heteroatoms. The zero-order chi connectivity index (χ0) is 15.5. The van der Waals surface area contributed by atoms with Gasteiger partial charge in [0.25, 0.3) is 0 Å². The third-order valence-electron chi connectivity index (χ3n) is 2.78. The van der Waals surface area contributed by atoms with Gasteiger partial charge in [0.05, 0.1) is 16.1 Å². The topological polar surface area (TPSA) is 39.2 Å². The quantitative estimate of drug-likeness (QED) is 0.572. The van der Waals surface area contributed by atoms with Gasteiger partial charge in [-0.25, -0.2) is 14.2 Å². The highest BCUT2D eigenvalue weighted by molar-refractivity contribution is 9.10. The molecule has 0 atom stereocenters. The maximum atomic E-state index is 13.6. The molecule has 0 fully saturated rings. The highest BCUT2D eigenvalue weighted by atomic mass is 79.9. The normalized spacial score (nSPS) is 10.6. The summed E-state index contributed by atoms with van der Waals surface area (Å²) in [6, 6.07) is 8.08. The minimum Gasteiger partial charge on any atom is -0.455 e. The molecule has 22 heavy (non-hydrogen) atoms. The third kappa shape index (κ3) is 3.43. The summed E-state index contributed by atoms with van der Waals surface area (Å²) in [5.41, 5.74) is 0.556. The summed E-state index contributed by atoms with van der Waals surface area (Å²) in [7, 11) is 0. The number of benzene rings is 1. The molecule has 0 spiro atoms. The monoisotopic (exact) mass is 397 g/mol. The number of ether oxygens (including phenoxy) is 1. The maximum absolute atomic E-state index is 13.6. The van der Waals surface area contributed by atoms with Crippen LogP contribution in [0.1, 0.15) is 16.1 Å². The molecule has 0 aliphatic rings. The molecule has 2 aromatic heterocycles. The zero-order valence-electron chi connectivity index (χ0n) is 11.1. The number of esters is 1. The van der Waals surface area contributed by atoms with Gasteiger partial charge < -0.3 is 4.74 Å². The van der Waals surface area contributed by atoms with Gasteiger partial charge in [0.15, 0.2) is 0 Å². The Balaban J connectivity index is 1.67. The molecule has 3 aromatic rings. The molecule has 3 nitrogen and oxygen atoms in total. The molecule has 0 saturated carbocycles. The fraction of sp³-hybridized carbons (Fsp3) is 0.0667. The number of thiophene rings is 1. The van der Waals surface area contributed by atoms with Crippen molar-refractivity contribution in [3.63, 3.8) is 0 Å². The van der Waals surface area contributed by atoms with E-state index in [1.54, 1.807) is 11.3 Å². The summed E-state index contributed by atoms with van der Waals surface area (Å²) in [5.74, 6) is -1.31. The van der Waals surface area contributed by atoms with Crippen molar-refractivity contribution in [2.45, 2.75) is 6.61 Å². The van der Waals surface area contributed by atoms with Gasteiger partial charge in [0.2, 0.25) is 0 Å². The number of carbonyl (C=O) groups excluding carboxylic acids is 1. The number of aromatic nitrogens is 1. The highest BCUT2D eigenvalue weighted by Gasteiger charge is 2.15. The van der Waals surface area contributed by atoms with E-state index in [-0.39, 0.29) is 12.2 Å². The first-order valence-electron chi connectivity index (χ1n) is 6.24. The second-order valence-corrected chi connectivity index (χ2v) is 7.04. The van der Waals surface area contributed by atoms with E-state index in [0.717, 1.165) is 9.88 Å². The molecule has 2 heterocycles. The van der Waals surface area contributed by atoms with E-state index >= 15 is 0 Å². The van der Waals surface area contributed by atoms with Crippen molar-refractivity contribution >= 4 is 44.6 Å². The molecule has 112 valence electrons. The van der Waals surface area contributed by atoms with Crippen LogP contribution in [0.4, 0.5) is 4.39 Å². The number of carbonyl (C=O) groups is 1. The first-order chi connectivity index (χ1) is 10.6. The molecule has 0 amide bonds. The van der Waals surface area contributed by atoms with E-state index in [1.807, 2.05) is 22.9 Å². The lowest BCUT2D eigenvalue weighted by molar-refractivity contribution is 0.0463. The number of rotatable bonds is 4. The van der Waals surface area contributed by atoms with Crippen LogP contribution in [0.25, 0.3) is 9.88 Å². The number of halogens is 2. The Morgan fingerprint density at radius 2 is 2.18 bits per heavy atom. The van der Waals surface area contributed by atoms with E-state index in [0.29, 0.717) is 10.2 Å². The molecule has 0 radical (unpaired) electrons. The van der Waals surface area contributed by atoms with E-state index in [4.69, 9.17) is 4.74 Å². The standard InChI is InChI=1S/C15H9BrFNO2S2/c16-9-3-4-12(17)11(6-9)15(19)20-7-10-8-22-14(18-10)13-2-1-5-21-13/h1-6,8H,7H2. The summed E-state index contributed by atoms with van der Waals surface area (Å²) in [6.07, 6.45) is 0. The Morgan fingerprint density at radius 1 is 1.32 bits per heavy atom. The van der Waals surface area contributed by atoms with E-state index < -0.39 is 11.8 Å². The molecule has 0 saturated heterocycles. The average molecular weight is 398 g/mol. The fourth-order valence-corrected chi connectivity index (χ4v) is 3.74. The zero-order valence-corrected chi connectivity index (χ0v) is 14.3. The van der Waals surface area contributed by atoms with E-state index in [1.165, 1.54) is 29.5 Å². The van der Waals surface area contributed by atoms with E-state index in [2.05, 4.69) is 20.9 Å². The van der Waals surface area contributed by atoms with Crippen LogP contribution < -0.4 is 0 Å². The smallest absolute Gasteiger partial charge is 0.341 e. The van der Waals surface area contributed by atoms with Crippen molar-refractivity contribution in [2.75, 3.05) is 0 Å². The second-order valence-electron chi connectivity index (χ2n) is 4.32. The van der Waals surface area contributed by atoms with Crippen LogP contribution in [0.15, 0.2) is 45.6 Å². The molecule has 0 bridgehead atoms. The van der Waals surface area contributed by atoms with Gasteiger partial charge in [-0.3, -0.25) is 0 Å². The summed E-state index contributed by atoms with van der Waals surface area (Å²) < 4.78 is 19.4. The number of nitrogens with zero attached hydrogens (tertiary/aromatic N) is 1. The molecule has 1 aromatic carbocycles. The van der Waals surface area contributed by atoms with Crippen LogP contribution in [0.3, 0.4) is 0 Å². The van der Waals surface area contributed by atoms with Crippen molar-refractivity contribution in [1.29, 1.82) is 0 Å². The second kappa shape index (κ2) is 6.68. The molecule has 3 rings (SSSR count). The maximum Gasteiger partial charge on any atom is 0.341 e. The van der Waals surface area contributed by atoms with Crippen LogP contribution in [0, 0.1) is 5.82 Å². The van der Waals surface area contributed by atoms with Gasteiger partial charge in [-0.15, -0.1) is 22.7 Å². The van der Waals surface area contributed by atoms with E-state index in [9.17, 15) is 9.18 Å². The number of hydrogen-bond acceptors (Lipinski definition) is 5. The van der Waals surface area contributed by atoms with Gasteiger partial charge in [-0.1, -0.05) is 22.0 Å². The van der Waals surface area contributed by atoms with Gasteiger partial charge >= 0.3 is 5.97 Å². The molecule has 0 aliphatic heterocycles. The Morgan fingerprint density at radius 3 is 2.95 bits per heavy atom. The summed E-state index contributed by atoms with van der Waals surface area (Å²) >= 11 is 6.29. The summed E-state index contributed by atoms with van der Waals surface area (Å²) in [4.78, 5) is 17.4. The van der Waals surface area contributed by atoms with Crippen LogP contribution in [0.2, 0.25) is 0 Å². The molecular weight excluding hydrogens is 389 g/mol. The molecular formula is C15H9BrFNO2S2. The van der Waals surface area contributed by atoms with Gasteiger partial charge in [0, 0.05) is 9.85 Å². The Hall–Kier alpha value is -1.57. The lowest BCUT2D eigenvalue weighted by Gasteiger charge is -2.04. The van der Waals surface area contributed by atoms with Crippen LogP contribution in [-0.4, -0.2) is 11.0 Å². The number of hydrogen-bond donors (Lipinski definition) is 0. The van der Waals surface area contributed by atoms with Crippen LogP contribution >= 0.6 is 38.6 Å². The lowest BCUT2D eigenvalue weighted by atomic mass is 10.2. The first-order valence-corrected chi connectivity index (χ1v) is 8.79. The predicted molar refractivity (Wildman–Crippen MR) is 88.6 cm³/mol. The highest BCUT2D eigenvalue weighted by Crippen LogP contribution is 2.28. The first kappa shape index (κ1) is 15.3. The molecule has 0 N–H and O–H groups in total. The Bertz CT molecular complexity index is 802. The fourth-order valence-electron chi connectivity index (χ4n) is 1.76. The largest absolute Gasteiger partial charge is 0.455 e. The lowest BCUT2D eigenvalue weighted by Crippen LogP contribution is -2.07. The van der Waals surface area contributed by atoms with Crippen molar-refractivity contribution in [1.82, 2.24) is 4.98 Å².